The summed E-state index contributed by atoms with van der Waals surface area (Å²) in [5.74, 6) is 1.64. The van der Waals surface area contributed by atoms with Crippen LogP contribution < -0.4 is 15.8 Å². The molecule has 1 aromatic carbocycles. The van der Waals surface area contributed by atoms with Crippen LogP contribution in [0.4, 0.5) is 11.5 Å². The molecular formula is C22H24N6O2S. The number of aromatic nitrogens is 4. The van der Waals surface area contributed by atoms with Gasteiger partial charge in [0.2, 0.25) is 5.91 Å². The van der Waals surface area contributed by atoms with E-state index in [-0.39, 0.29) is 17.4 Å². The second-order valence-corrected chi connectivity index (χ2v) is 8.99. The molecule has 160 valence electrons. The number of hydrogen-bond acceptors (Lipinski definition) is 6. The Bertz CT molecular complexity index is 1170. The number of thioether (sulfide) groups is 1. The number of carbonyl (C=O) groups is 1. The predicted octanol–water partition coefficient (Wildman–Crippen LogP) is 2.60. The lowest BCUT2D eigenvalue weighted by Crippen LogP contribution is -2.41. The number of anilines is 2. The number of nitrogens with one attached hydrogen (secondary N) is 1. The van der Waals surface area contributed by atoms with Crippen molar-refractivity contribution in [3.63, 3.8) is 0 Å². The number of hydrogen-bond donors (Lipinski definition) is 1. The second-order valence-electron chi connectivity index (χ2n) is 7.92. The molecule has 1 unspecified atom stereocenters. The maximum atomic E-state index is 13.1. The van der Waals surface area contributed by atoms with Crippen molar-refractivity contribution in [2.24, 2.45) is 13.0 Å². The van der Waals surface area contributed by atoms with Crippen LogP contribution in [-0.4, -0.2) is 44.1 Å². The van der Waals surface area contributed by atoms with Crippen LogP contribution in [0.2, 0.25) is 0 Å². The van der Waals surface area contributed by atoms with Crippen LogP contribution in [0.5, 0.6) is 0 Å². The highest BCUT2D eigenvalue weighted by Crippen LogP contribution is 2.33. The Kier molecular flexibility index (Phi) is 5.27. The van der Waals surface area contributed by atoms with E-state index >= 15 is 0 Å². The SMILES string of the molecule is Cn1nc(N2CCCC(C(=O)Nc3ccccc3-c3cn4c(n3)SCC4)C2)ccc1=O. The lowest BCUT2D eigenvalue weighted by molar-refractivity contribution is -0.120. The maximum Gasteiger partial charge on any atom is 0.266 e. The van der Waals surface area contributed by atoms with Crippen LogP contribution >= 0.6 is 11.8 Å². The molecule has 0 aliphatic carbocycles. The Hall–Kier alpha value is -3.07. The highest BCUT2D eigenvalue weighted by molar-refractivity contribution is 7.99. The Morgan fingerprint density at radius 1 is 1.19 bits per heavy atom. The first-order valence-electron chi connectivity index (χ1n) is 10.5. The van der Waals surface area contributed by atoms with E-state index in [1.54, 1.807) is 24.9 Å². The van der Waals surface area contributed by atoms with Gasteiger partial charge in [-0.1, -0.05) is 30.0 Å². The van der Waals surface area contributed by atoms with Crippen molar-refractivity contribution in [3.8, 4) is 11.3 Å². The zero-order valence-corrected chi connectivity index (χ0v) is 18.1. The van der Waals surface area contributed by atoms with Gasteiger partial charge in [-0.25, -0.2) is 9.67 Å². The molecule has 1 atom stereocenters. The Balaban J connectivity index is 1.33. The minimum atomic E-state index is -0.150. The third-order valence-electron chi connectivity index (χ3n) is 5.83. The van der Waals surface area contributed by atoms with E-state index in [1.807, 2.05) is 24.3 Å². The van der Waals surface area contributed by atoms with Gasteiger partial charge in [-0.15, -0.1) is 0 Å². The summed E-state index contributed by atoms with van der Waals surface area (Å²) in [7, 11) is 1.64. The first-order chi connectivity index (χ1) is 15.1. The minimum absolute atomic E-state index is 0.00287. The van der Waals surface area contributed by atoms with E-state index in [1.165, 1.54) is 10.7 Å². The van der Waals surface area contributed by atoms with Gasteiger partial charge in [-0.2, -0.15) is 5.10 Å². The third-order valence-corrected chi connectivity index (χ3v) is 6.80. The lowest BCUT2D eigenvalue weighted by atomic mass is 9.96. The first kappa shape index (κ1) is 19.9. The number of rotatable bonds is 4. The molecule has 4 heterocycles. The number of imidazole rings is 1. The summed E-state index contributed by atoms with van der Waals surface area (Å²) in [5, 5.41) is 8.51. The number of para-hydroxylation sites is 1. The van der Waals surface area contributed by atoms with Gasteiger partial charge in [0.25, 0.3) is 5.56 Å². The third kappa shape index (κ3) is 3.97. The Morgan fingerprint density at radius 3 is 2.90 bits per heavy atom. The summed E-state index contributed by atoms with van der Waals surface area (Å²) in [6.07, 6.45) is 3.79. The lowest BCUT2D eigenvalue weighted by Gasteiger charge is -2.32. The molecule has 3 aromatic rings. The van der Waals surface area contributed by atoms with Crippen molar-refractivity contribution in [2.75, 3.05) is 29.1 Å². The van der Waals surface area contributed by atoms with Crippen LogP contribution in [-0.2, 0) is 18.4 Å². The smallest absolute Gasteiger partial charge is 0.266 e. The van der Waals surface area contributed by atoms with Crippen molar-refractivity contribution >= 4 is 29.2 Å². The fraction of sp³-hybridized carbons (Fsp3) is 0.364. The van der Waals surface area contributed by atoms with Crippen molar-refractivity contribution in [1.82, 2.24) is 19.3 Å². The molecule has 9 heteroatoms. The number of piperidine rings is 1. The number of nitrogens with zero attached hydrogens (tertiary/aromatic N) is 5. The molecule has 1 fully saturated rings. The Labute approximate surface area is 184 Å². The molecule has 1 saturated heterocycles. The summed E-state index contributed by atoms with van der Waals surface area (Å²) < 4.78 is 3.49. The van der Waals surface area contributed by atoms with Crippen LogP contribution in [0.25, 0.3) is 11.3 Å². The largest absolute Gasteiger partial charge is 0.354 e. The van der Waals surface area contributed by atoms with Crippen LogP contribution in [0.3, 0.4) is 0 Å². The quantitative estimate of drug-likeness (QED) is 0.677. The molecule has 1 amide bonds. The molecule has 8 nitrogen and oxygen atoms in total. The van der Waals surface area contributed by atoms with Crippen molar-refractivity contribution < 1.29 is 4.79 Å². The number of carbonyl (C=O) groups excluding carboxylic acids is 1. The zero-order valence-electron chi connectivity index (χ0n) is 17.3. The maximum absolute atomic E-state index is 13.1. The first-order valence-corrected chi connectivity index (χ1v) is 11.5. The molecule has 0 bridgehead atoms. The van der Waals surface area contributed by atoms with Crippen molar-refractivity contribution in [2.45, 2.75) is 24.5 Å². The zero-order chi connectivity index (χ0) is 21.4. The van der Waals surface area contributed by atoms with Gasteiger partial charge < -0.3 is 14.8 Å². The number of amides is 1. The summed E-state index contributed by atoms with van der Waals surface area (Å²) in [6.45, 7) is 2.37. The van der Waals surface area contributed by atoms with Gasteiger partial charge >= 0.3 is 0 Å². The van der Waals surface area contributed by atoms with E-state index in [9.17, 15) is 9.59 Å². The van der Waals surface area contributed by atoms with Crippen LogP contribution in [0.1, 0.15) is 12.8 Å². The molecular weight excluding hydrogens is 412 g/mol. The van der Waals surface area contributed by atoms with Gasteiger partial charge in [-0.05, 0) is 25.0 Å². The summed E-state index contributed by atoms with van der Waals surface area (Å²) >= 11 is 1.76. The van der Waals surface area contributed by atoms with Gasteiger partial charge in [0.15, 0.2) is 5.16 Å². The van der Waals surface area contributed by atoms with Gasteiger partial charge in [-0.3, -0.25) is 9.59 Å². The molecule has 2 aliphatic rings. The van der Waals surface area contributed by atoms with Gasteiger partial charge in [0, 0.05) is 50.3 Å². The molecule has 31 heavy (non-hydrogen) atoms. The highest BCUT2D eigenvalue weighted by atomic mass is 32.2. The van der Waals surface area contributed by atoms with E-state index < -0.39 is 0 Å². The predicted molar refractivity (Wildman–Crippen MR) is 121 cm³/mol. The van der Waals surface area contributed by atoms with Crippen LogP contribution in [0.15, 0.2) is 52.5 Å². The van der Waals surface area contributed by atoms with Gasteiger partial charge in [0.1, 0.15) is 5.82 Å². The molecule has 1 N–H and O–H groups in total. The van der Waals surface area contributed by atoms with E-state index in [4.69, 9.17) is 4.98 Å². The van der Waals surface area contributed by atoms with E-state index in [2.05, 4.69) is 26.1 Å². The molecule has 5 rings (SSSR count). The fourth-order valence-corrected chi connectivity index (χ4v) is 5.09. The summed E-state index contributed by atoms with van der Waals surface area (Å²) in [5.41, 5.74) is 2.46. The Morgan fingerprint density at radius 2 is 2.06 bits per heavy atom. The molecule has 0 radical (unpaired) electrons. The molecule has 0 saturated carbocycles. The second kappa shape index (κ2) is 8.22. The average Bonchev–Trinajstić information content (AvgIpc) is 3.38. The van der Waals surface area contributed by atoms with Crippen LogP contribution in [0, 0.1) is 5.92 Å². The van der Waals surface area contributed by atoms with Gasteiger partial charge in [0.05, 0.1) is 17.3 Å². The number of benzene rings is 1. The molecule has 2 aromatic heterocycles. The monoisotopic (exact) mass is 436 g/mol. The fourth-order valence-electron chi connectivity index (χ4n) is 4.15. The van der Waals surface area contributed by atoms with E-state index in [0.29, 0.717) is 6.54 Å². The summed E-state index contributed by atoms with van der Waals surface area (Å²) in [6, 6.07) is 11.1. The molecule has 2 aliphatic heterocycles. The minimum Gasteiger partial charge on any atom is -0.354 e. The standard InChI is InChI=1S/C22H24N6O2S/c1-26-20(29)9-8-19(25-26)27-10-4-5-15(13-27)21(30)23-17-7-3-2-6-16(17)18-14-28-11-12-31-22(28)24-18/h2-3,6-9,14-15H,4-5,10-13H2,1H3,(H,23,30). The average molecular weight is 437 g/mol. The summed E-state index contributed by atoms with van der Waals surface area (Å²) in [4.78, 5) is 31.6. The topological polar surface area (TPSA) is 85.1 Å². The highest BCUT2D eigenvalue weighted by Gasteiger charge is 2.27. The van der Waals surface area contributed by atoms with E-state index in [0.717, 1.165) is 59.6 Å². The normalized spacial score (nSPS) is 18.1. The van der Waals surface area contributed by atoms with Crippen molar-refractivity contribution in [1.29, 1.82) is 0 Å². The molecule has 0 spiro atoms. The number of aryl methyl sites for hydroxylation is 2. The van der Waals surface area contributed by atoms with Crippen molar-refractivity contribution in [3.05, 3.63) is 52.9 Å². The number of fused-ring (bicyclic) bond motifs is 1.